The zero-order valence-electron chi connectivity index (χ0n) is 23.5. The third-order valence-electron chi connectivity index (χ3n) is 6.24. The summed E-state index contributed by atoms with van der Waals surface area (Å²) in [5.74, 6) is -0.600. The highest BCUT2D eigenvalue weighted by molar-refractivity contribution is 8.03. The molecule has 1 saturated heterocycles. The predicted octanol–water partition coefficient (Wildman–Crippen LogP) is 5.85. The van der Waals surface area contributed by atoms with E-state index in [0.29, 0.717) is 11.3 Å². The molecule has 0 saturated carbocycles. The van der Waals surface area contributed by atoms with E-state index < -0.39 is 41.1 Å². The van der Waals surface area contributed by atoms with Crippen molar-refractivity contribution in [1.29, 1.82) is 0 Å². The summed E-state index contributed by atoms with van der Waals surface area (Å²) in [6.45, 7) is 7.14. The smallest absolute Gasteiger partial charge is 0.408 e. The quantitative estimate of drug-likeness (QED) is 0.188. The minimum Gasteiger partial charge on any atom is -0.448 e. The van der Waals surface area contributed by atoms with Crippen molar-refractivity contribution in [2.45, 2.75) is 55.2 Å². The zero-order chi connectivity index (χ0) is 29.9. The van der Waals surface area contributed by atoms with E-state index in [2.05, 4.69) is 15.5 Å². The van der Waals surface area contributed by atoms with Gasteiger partial charge in [-0.2, -0.15) is 0 Å². The van der Waals surface area contributed by atoms with Crippen LogP contribution in [0.4, 0.5) is 4.79 Å². The van der Waals surface area contributed by atoms with Crippen LogP contribution in [0.2, 0.25) is 0 Å². The van der Waals surface area contributed by atoms with Gasteiger partial charge in [0.05, 0.1) is 0 Å². The van der Waals surface area contributed by atoms with Crippen LogP contribution in [0.15, 0.2) is 87.8 Å². The summed E-state index contributed by atoms with van der Waals surface area (Å²) in [5.41, 5.74) is 1.69. The molecule has 1 N–H and O–H groups in total. The highest BCUT2D eigenvalue weighted by atomic mass is 32.2. The second-order valence-corrected chi connectivity index (χ2v) is 14.0. The van der Waals surface area contributed by atoms with Crippen molar-refractivity contribution in [3.63, 3.8) is 0 Å². The average Bonchev–Trinajstić information content (AvgIpc) is 3.38. The van der Waals surface area contributed by atoms with Crippen molar-refractivity contribution >= 4 is 52.8 Å². The van der Waals surface area contributed by atoms with E-state index in [1.54, 1.807) is 20.8 Å². The minimum absolute atomic E-state index is 0.160. The van der Waals surface area contributed by atoms with Gasteiger partial charge in [0.1, 0.15) is 27.7 Å². The molecule has 0 bridgehead atoms. The monoisotopic (exact) mass is 622 g/mol. The van der Waals surface area contributed by atoms with Crippen molar-refractivity contribution < 1.29 is 23.9 Å². The topological polar surface area (TPSA) is 111 Å². The number of hydrogen-bond donors (Lipinski definition) is 1. The molecule has 3 heterocycles. The molecule has 0 aliphatic carbocycles. The van der Waals surface area contributed by atoms with Crippen LogP contribution in [-0.4, -0.2) is 55.8 Å². The summed E-state index contributed by atoms with van der Waals surface area (Å²) in [6.07, 6.45) is 0.441. The van der Waals surface area contributed by atoms with Crippen LogP contribution in [-0.2, 0) is 19.1 Å². The molecule has 1 fully saturated rings. The van der Waals surface area contributed by atoms with Crippen molar-refractivity contribution in [1.82, 2.24) is 20.4 Å². The maximum atomic E-state index is 14.0. The number of β-lactam (4-membered cyclic amide) rings is 1. The number of rotatable bonds is 8. The molecule has 2 aliphatic rings. The molecular weight excluding hydrogens is 593 g/mol. The maximum Gasteiger partial charge on any atom is 0.408 e. The second-order valence-electron chi connectivity index (χ2n) is 10.5. The van der Waals surface area contributed by atoms with E-state index >= 15 is 0 Å². The van der Waals surface area contributed by atoms with E-state index in [1.807, 2.05) is 79.1 Å². The zero-order valence-corrected chi connectivity index (χ0v) is 25.9. The number of alkyl carbamates (subject to hydrolysis) is 1. The van der Waals surface area contributed by atoms with Crippen molar-refractivity contribution in [3.8, 4) is 0 Å². The van der Waals surface area contributed by atoms with E-state index in [-0.39, 0.29) is 5.70 Å². The van der Waals surface area contributed by atoms with Gasteiger partial charge < -0.3 is 14.8 Å². The number of nitrogens with zero attached hydrogens (tertiary/aromatic N) is 3. The summed E-state index contributed by atoms with van der Waals surface area (Å²) >= 11 is 4.31. The number of aromatic nitrogens is 2. The number of allylic oxidation sites excluding steroid dienone is 1. The fraction of sp³-hybridized carbons (Fsp3) is 0.300. The third kappa shape index (κ3) is 6.88. The van der Waals surface area contributed by atoms with Crippen LogP contribution < -0.4 is 5.32 Å². The molecule has 0 radical (unpaired) electrons. The Morgan fingerprint density at radius 2 is 1.71 bits per heavy atom. The van der Waals surface area contributed by atoms with E-state index in [1.165, 1.54) is 39.8 Å². The van der Waals surface area contributed by atoms with Gasteiger partial charge in [0, 0.05) is 5.75 Å². The molecule has 1 aromatic heterocycles. The Labute approximate surface area is 256 Å². The molecule has 0 spiro atoms. The first-order valence-electron chi connectivity index (χ1n) is 13.2. The largest absolute Gasteiger partial charge is 0.448 e. The minimum atomic E-state index is -0.823. The number of fused-ring (bicyclic) bond motifs is 1. The van der Waals surface area contributed by atoms with Gasteiger partial charge in [-0.3, -0.25) is 9.69 Å². The Morgan fingerprint density at radius 3 is 2.29 bits per heavy atom. The molecule has 2 aliphatic heterocycles. The van der Waals surface area contributed by atoms with Crippen LogP contribution in [0.3, 0.4) is 0 Å². The Hall–Kier alpha value is -3.61. The number of benzene rings is 2. The number of nitrogens with one attached hydrogen (secondary N) is 1. The predicted molar refractivity (Wildman–Crippen MR) is 164 cm³/mol. The molecule has 218 valence electrons. The molecule has 42 heavy (non-hydrogen) atoms. The SMILES string of the molecule is Cc1nnc(SC=CC2=C(C(=O)OC(c3ccccc3)c3ccccc3)N3C(=O)C(NC(=O)OC(C)(C)C)C3SC2)s1. The number of thioether (sulfide) groups is 2. The van der Waals surface area contributed by atoms with Gasteiger partial charge in [0.2, 0.25) is 0 Å². The van der Waals surface area contributed by atoms with Gasteiger partial charge in [0.25, 0.3) is 5.91 Å². The third-order valence-corrected chi connectivity index (χ3v) is 9.27. The van der Waals surface area contributed by atoms with Gasteiger partial charge in [-0.25, -0.2) is 9.59 Å². The lowest BCUT2D eigenvalue weighted by molar-refractivity contribution is -0.153. The molecule has 9 nitrogen and oxygen atoms in total. The summed E-state index contributed by atoms with van der Waals surface area (Å²) in [4.78, 5) is 41.3. The number of ether oxygens (including phenoxy) is 2. The first kappa shape index (κ1) is 29.9. The van der Waals surface area contributed by atoms with Gasteiger partial charge in [-0.05, 0) is 55.9 Å². The number of carbonyl (C=O) groups is 3. The Kier molecular flexibility index (Phi) is 9.05. The Balaban J connectivity index is 1.44. The molecule has 2 amide bonds. The van der Waals surface area contributed by atoms with Crippen LogP contribution in [0.1, 0.15) is 43.0 Å². The van der Waals surface area contributed by atoms with Crippen LogP contribution in [0.5, 0.6) is 0 Å². The standard InChI is InChI=1S/C30H30N4O5S3/c1-18-32-33-29(42-18)40-16-15-21-17-41-26-22(31-28(37)39-30(2,3)4)25(35)34(26)23(21)27(36)38-24(19-11-7-5-8-12-19)20-13-9-6-10-14-20/h5-16,22,24,26H,17H2,1-4H3,(H,31,37). The van der Waals surface area contributed by atoms with Crippen LogP contribution in [0, 0.1) is 6.92 Å². The van der Waals surface area contributed by atoms with E-state index in [4.69, 9.17) is 9.47 Å². The molecular formula is C30H30N4O5S3. The number of amides is 2. The van der Waals surface area contributed by atoms with Crippen molar-refractivity contribution in [2.75, 3.05) is 5.75 Å². The molecule has 5 rings (SSSR count). The summed E-state index contributed by atoms with van der Waals surface area (Å²) in [5, 5.41) is 13.0. The lowest BCUT2D eigenvalue weighted by Crippen LogP contribution is -2.70. The number of carbonyl (C=O) groups excluding carboxylic acids is 3. The summed E-state index contributed by atoms with van der Waals surface area (Å²) in [6, 6.07) is 18.1. The number of aryl methyl sites for hydroxylation is 1. The number of esters is 1. The second kappa shape index (κ2) is 12.7. The van der Waals surface area contributed by atoms with Crippen molar-refractivity contribution in [2.24, 2.45) is 0 Å². The molecule has 3 aromatic rings. The van der Waals surface area contributed by atoms with E-state index in [0.717, 1.165) is 20.5 Å². The van der Waals surface area contributed by atoms with Gasteiger partial charge in [-0.15, -0.1) is 22.0 Å². The first-order valence-corrected chi connectivity index (χ1v) is 16.0. The molecule has 2 atom stereocenters. The fourth-order valence-electron chi connectivity index (χ4n) is 4.44. The maximum absolute atomic E-state index is 14.0. The Morgan fingerprint density at radius 1 is 1.07 bits per heavy atom. The number of hydrogen-bond acceptors (Lipinski definition) is 10. The van der Waals surface area contributed by atoms with Gasteiger partial charge >= 0.3 is 12.1 Å². The highest BCUT2D eigenvalue weighted by Gasteiger charge is 2.54. The Bertz CT molecular complexity index is 1480. The average molecular weight is 623 g/mol. The van der Waals surface area contributed by atoms with Gasteiger partial charge in [-0.1, -0.05) is 83.8 Å². The molecule has 12 heteroatoms. The normalized spacial score (nSPS) is 18.6. The summed E-state index contributed by atoms with van der Waals surface area (Å²) in [7, 11) is 0. The molecule has 2 unspecified atom stereocenters. The summed E-state index contributed by atoms with van der Waals surface area (Å²) < 4.78 is 12.3. The fourth-order valence-corrected chi connectivity index (χ4v) is 7.33. The van der Waals surface area contributed by atoms with Gasteiger partial charge in [0.15, 0.2) is 10.4 Å². The highest BCUT2D eigenvalue weighted by Crippen LogP contribution is 2.42. The first-order chi connectivity index (χ1) is 20.1. The van der Waals surface area contributed by atoms with Crippen LogP contribution in [0.25, 0.3) is 0 Å². The van der Waals surface area contributed by atoms with Crippen molar-refractivity contribution in [3.05, 3.63) is 99.6 Å². The molecule has 2 aromatic carbocycles. The van der Waals surface area contributed by atoms with E-state index in [9.17, 15) is 14.4 Å². The lowest BCUT2D eigenvalue weighted by Gasteiger charge is -2.49. The lowest BCUT2D eigenvalue weighted by atomic mass is 10.0. The van der Waals surface area contributed by atoms with Crippen LogP contribution >= 0.6 is 34.9 Å².